The molecular formula is C14H19NO3. The fourth-order valence-electron chi connectivity index (χ4n) is 1.86. The lowest BCUT2D eigenvalue weighted by atomic mass is 9.95. The number of aryl methyl sites for hydroxylation is 2. The van der Waals surface area contributed by atoms with E-state index in [9.17, 15) is 9.59 Å². The number of nitrogens with one attached hydrogen (secondary N) is 1. The summed E-state index contributed by atoms with van der Waals surface area (Å²) in [5.41, 5.74) is 2.61. The second-order valence-electron chi connectivity index (χ2n) is 4.46. The molecule has 0 aliphatic carbocycles. The Kier molecular flexibility index (Phi) is 5.04. The van der Waals surface area contributed by atoms with Gasteiger partial charge in [0.1, 0.15) is 0 Å². The van der Waals surface area contributed by atoms with E-state index >= 15 is 0 Å². The average Bonchev–Trinajstić information content (AvgIpc) is 2.32. The van der Waals surface area contributed by atoms with E-state index in [0.29, 0.717) is 12.0 Å². The molecule has 1 aromatic carbocycles. The van der Waals surface area contributed by atoms with Crippen molar-refractivity contribution in [2.45, 2.75) is 32.7 Å². The topological polar surface area (TPSA) is 66.4 Å². The van der Waals surface area contributed by atoms with E-state index in [1.54, 1.807) is 7.05 Å². The van der Waals surface area contributed by atoms with E-state index in [4.69, 9.17) is 5.11 Å². The summed E-state index contributed by atoms with van der Waals surface area (Å²) in [5, 5.41) is 11.6. The van der Waals surface area contributed by atoms with Crippen LogP contribution in [0, 0.1) is 13.8 Å². The van der Waals surface area contributed by atoms with Crippen LogP contribution in [0.2, 0.25) is 0 Å². The Morgan fingerprint density at radius 3 is 2.56 bits per heavy atom. The van der Waals surface area contributed by atoms with Crippen LogP contribution in [0.3, 0.4) is 0 Å². The van der Waals surface area contributed by atoms with Crippen molar-refractivity contribution in [2.24, 2.45) is 0 Å². The van der Waals surface area contributed by atoms with Gasteiger partial charge < -0.3 is 10.4 Å². The molecule has 1 atom stereocenters. The highest BCUT2D eigenvalue weighted by Crippen LogP contribution is 2.15. The Morgan fingerprint density at radius 2 is 2.00 bits per heavy atom. The summed E-state index contributed by atoms with van der Waals surface area (Å²) in [6, 6.07) is 5.27. The third-order valence-corrected chi connectivity index (χ3v) is 2.97. The molecule has 4 nitrogen and oxygen atoms in total. The molecule has 0 saturated carbocycles. The first-order chi connectivity index (χ1) is 8.45. The molecular weight excluding hydrogens is 230 g/mol. The maximum absolute atomic E-state index is 12.3. The largest absolute Gasteiger partial charge is 0.481 e. The predicted octanol–water partition coefficient (Wildman–Crippen LogP) is 1.94. The molecule has 0 aliphatic rings. The molecule has 0 radical (unpaired) electrons. The first-order valence-corrected chi connectivity index (χ1v) is 5.96. The minimum atomic E-state index is -0.885. The molecule has 18 heavy (non-hydrogen) atoms. The number of ketones is 1. The first kappa shape index (κ1) is 14.4. The third-order valence-electron chi connectivity index (χ3n) is 2.97. The maximum atomic E-state index is 12.3. The fourth-order valence-corrected chi connectivity index (χ4v) is 1.86. The number of hydrogen-bond acceptors (Lipinski definition) is 3. The monoisotopic (exact) mass is 249 g/mol. The van der Waals surface area contributed by atoms with Crippen molar-refractivity contribution in [1.82, 2.24) is 5.32 Å². The number of carbonyl (C=O) groups excluding carboxylic acids is 1. The van der Waals surface area contributed by atoms with E-state index in [1.165, 1.54) is 0 Å². The van der Waals surface area contributed by atoms with Crippen LogP contribution >= 0.6 is 0 Å². The molecule has 1 unspecified atom stereocenters. The van der Waals surface area contributed by atoms with Gasteiger partial charge in [0.05, 0.1) is 6.04 Å². The lowest BCUT2D eigenvalue weighted by Gasteiger charge is -2.15. The second kappa shape index (κ2) is 6.31. The zero-order chi connectivity index (χ0) is 13.7. The maximum Gasteiger partial charge on any atom is 0.303 e. The van der Waals surface area contributed by atoms with E-state index in [0.717, 1.165) is 11.1 Å². The Hall–Kier alpha value is -1.68. The SMILES string of the molecule is CNC(CCC(=O)O)C(=O)c1cc(C)ccc1C. The van der Waals surface area contributed by atoms with Crippen LogP contribution in [0.5, 0.6) is 0 Å². The summed E-state index contributed by atoms with van der Waals surface area (Å²) in [4.78, 5) is 22.9. The van der Waals surface area contributed by atoms with Crippen molar-refractivity contribution in [3.8, 4) is 0 Å². The molecule has 4 heteroatoms. The minimum absolute atomic E-state index is 0.0118. The summed E-state index contributed by atoms with van der Waals surface area (Å²) in [6.07, 6.45) is 0.292. The highest BCUT2D eigenvalue weighted by Gasteiger charge is 2.20. The van der Waals surface area contributed by atoms with Gasteiger partial charge in [0.15, 0.2) is 5.78 Å². The minimum Gasteiger partial charge on any atom is -0.481 e. The zero-order valence-electron chi connectivity index (χ0n) is 11.0. The van der Waals surface area contributed by atoms with E-state index in [1.807, 2.05) is 32.0 Å². The summed E-state index contributed by atoms with van der Waals surface area (Å²) in [6.45, 7) is 3.82. The van der Waals surface area contributed by atoms with E-state index in [-0.39, 0.29) is 12.2 Å². The van der Waals surface area contributed by atoms with Gasteiger partial charge in [0, 0.05) is 12.0 Å². The summed E-state index contributed by atoms with van der Waals surface area (Å²) < 4.78 is 0. The Balaban J connectivity index is 2.89. The van der Waals surface area contributed by atoms with Gasteiger partial charge in [-0.1, -0.05) is 17.7 Å². The highest BCUT2D eigenvalue weighted by molar-refractivity contribution is 6.01. The Labute approximate surface area is 107 Å². The van der Waals surface area contributed by atoms with Gasteiger partial charge in [0.2, 0.25) is 0 Å². The molecule has 0 aromatic heterocycles. The van der Waals surface area contributed by atoms with Crippen LogP contribution in [-0.2, 0) is 4.79 Å². The Morgan fingerprint density at radius 1 is 1.33 bits per heavy atom. The summed E-state index contributed by atoms with van der Waals surface area (Å²) in [7, 11) is 1.68. The third kappa shape index (κ3) is 3.67. The van der Waals surface area contributed by atoms with Crippen LogP contribution in [0.15, 0.2) is 18.2 Å². The molecule has 0 saturated heterocycles. The lowest BCUT2D eigenvalue weighted by Crippen LogP contribution is -2.35. The normalized spacial score (nSPS) is 12.2. The molecule has 0 aliphatic heterocycles. The molecule has 0 amide bonds. The zero-order valence-corrected chi connectivity index (χ0v) is 11.0. The average molecular weight is 249 g/mol. The number of Topliss-reactive ketones (excluding diaryl/α,β-unsaturated/α-hetero) is 1. The molecule has 0 spiro atoms. The van der Waals surface area contributed by atoms with Crippen molar-refractivity contribution >= 4 is 11.8 Å². The lowest BCUT2D eigenvalue weighted by molar-refractivity contribution is -0.137. The van der Waals surface area contributed by atoms with Gasteiger partial charge in [-0.05, 0) is 38.9 Å². The summed E-state index contributed by atoms with van der Waals surface area (Å²) in [5.74, 6) is -0.927. The van der Waals surface area contributed by atoms with Gasteiger partial charge in [-0.2, -0.15) is 0 Å². The van der Waals surface area contributed by atoms with Crippen molar-refractivity contribution < 1.29 is 14.7 Å². The number of carboxylic acid groups (broad SMARTS) is 1. The molecule has 0 heterocycles. The van der Waals surface area contributed by atoms with Gasteiger partial charge in [-0.25, -0.2) is 0 Å². The molecule has 2 N–H and O–H groups in total. The van der Waals surface area contributed by atoms with Gasteiger partial charge in [-0.15, -0.1) is 0 Å². The standard InChI is InChI=1S/C14H19NO3/c1-9-4-5-10(2)11(8-9)14(18)12(15-3)6-7-13(16)17/h4-5,8,12,15H,6-7H2,1-3H3,(H,16,17). The molecule has 1 rings (SSSR count). The quantitative estimate of drug-likeness (QED) is 0.756. The van der Waals surface area contributed by atoms with Crippen LogP contribution in [0.4, 0.5) is 0 Å². The van der Waals surface area contributed by atoms with Crippen LogP contribution in [0.25, 0.3) is 0 Å². The summed E-state index contributed by atoms with van der Waals surface area (Å²) >= 11 is 0. The molecule has 1 aromatic rings. The van der Waals surface area contributed by atoms with E-state index < -0.39 is 12.0 Å². The second-order valence-corrected chi connectivity index (χ2v) is 4.46. The predicted molar refractivity (Wildman–Crippen MR) is 70.0 cm³/mol. The van der Waals surface area contributed by atoms with Crippen LogP contribution in [0.1, 0.15) is 34.3 Å². The molecule has 98 valence electrons. The number of carbonyl (C=O) groups is 2. The number of carboxylic acids is 1. The van der Waals surface area contributed by atoms with Crippen molar-refractivity contribution in [3.63, 3.8) is 0 Å². The van der Waals surface area contributed by atoms with Crippen molar-refractivity contribution in [3.05, 3.63) is 34.9 Å². The molecule has 0 fully saturated rings. The van der Waals surface area contributed by atoms with Crippen LogP contribution in [-0.4, -0.2) is 29.9 Å². The first-order valence-electron chi connectivity index (χ1n) is 5.96. The van der Waals surface area contributed by atoms with Gasteiger partial charge in [-0.3, -0.25) is 9.59 Å². The molecule has 0 bridgehead atoms. The van der Waals surface area contributed by atoms with Crippen molar-refractivity contribution in [1.29, 1.82) is 0 Å². The number of rotatable bonds is 6. The number of aliphatic carboxylic acids is 1. The van der Waals surface area contributed by atoms with E-state index in [2.05, 4.69) is 5.32 Å². The smallest absolute Gasteiger partial charge is 0.303 e. The van der Waals surface area contributed by atoms with Gasteiger partial charge in [0.25, 0.3) is 0 Å². The number of likely N-dealkylation sites (N-methyl/N-ethyl adjacent to an activating group) is 1. The van der Waals surface area contributed by atoms with Crippen molar-refractivity contribution in [2.75, 3.05) is 7.05 Å². The number of hydrogen-bond donors (Lipinski definition) is 2. The highest BCUT2D eigenvalue weighted by atomic mass is 16.4. The number of benzene rings is 1. The van der Waals surface area contributed by atoms with Gasteiger partial charge >= 0.3 is 5.97 Å². The Bertz CT molecular complexity index is 454. The fraction of sp³-hybridized carbons (Fsp3) is 0.429. The van der Waals surface area contributed by atoms with Crippen LogP contribution < -0.4 is 5.32 Å².